The molecule has 4 nitrogen and oxygen atoms in total. The Morgan fingerprint density at radius 1 is 1.05 bits per heavy atom. The van der Waals surface area contributed by atoms with Gasteiger partial charge in [-0.2, -0.15) is 11.8 Å². The van der Waals surface area contributed by atoms with Crippen molar-refractivity contribution in [2.45, 2.75) is 117 Å². The van der Waals surface area contributed by atoms with Crippen molar-refractivity contribution in [3.8, 4) is 11.5 Å². The molecule has 1 unspecified atom stereocenters. The van der Waals surface area contributed by atoms with Crippen molar-refractivity contribution >= 4 is 17.7 Å². The van der Waals surface area contributed by atoms with Gasteiger partial charge in [0.2, 0.25) is 5.91 Å². The zero-order valence-electron chi connectivity index (χ0n) is 25.2. The molecule has 212 valence electrons. The fourth-order valence-electron chi connectivity index (χ4n) is 9.52. The second-order valence-electron chi connectivity index (χ2n) is 14.6. The number of thioether (sulfide) groups is 1. The predicted molar refractivity (Wildman–Crippen MR) is 158 cm³/mol. The number of hydrogen-bond donors (Lipinski definition) is 1. The van der Waals surface area contributed by atoms with E-state index in [0.29, 0.717) is 29.8 Å². The highest BCUT2D eigenvalue weighted by Crippen LogP contribution is 2.72. The van der Waals surface area contributed by atoms with Crippen molar-refractivity contribution in [1.29, 1.82) is 0 Å². The van der Waals surface area contributed by atoms with Crippen molar-refractivity contribution in [3.05, 3.63) is 22.8 Å². The molecule has 3 fully saturated rings. The lowest BCUT2D eigenvalue weighted by Crippen LogP contribution is -2.61. The Kier molecular flexibility index (Phi) is 6.93. The molecule has 5 rings (SSSR count). The maximum absolute atomic E-state index is 12.6. The molecule has 1 aliphatic heterocycles. The molecule has 3 aliphatic carbocycles. The Hall–Kier alpha value is -1.36. The molecule has 1 amide bonds. The fourth-order valence-corrected chi connectivity index (χ4v) is 10.5. The Balaban J connectivity index is 1.56. The average Bonchev–Trinajstić information content (AvgIpc) is 2.86. The molecule has 3 saturated carbocycles. The van der Waals surface area contributed by atoms with Crippen LogP contribution in [-0.4, -0.2) is 24.9 Å². The van der Waals surface area contributed by atoms with E-state index in [1.165, 1.54) is 42.4 Å². The standard InChI is InChI=1S/C33H51NO3S/c1-9-38-22(3)26-21(2)27-24(36-16-17-37-27)18-23(26)31(6)13-15-33(8)25-19-30(5,28(34)35)11-10-29(25,4)12-14-32(33,7)20-31/h18,22,25H,9-17,19-20H2,1-8H3,(H2,34,35)/t22?,25-,29-,30-,31-,32-,33+/m1/s1. The summed E-state index contributed by atoms with van der Waals surface area (Å²) in [7, 11) is 0. The van der Waals surface area contributed by atoms with Crippen LogP contribution in [0.1, 0.15) is 122 Å². The molecule has 2 N–H and O–H groups in total. The largest absolute Gasteiger partial charge is 0.486 e. The number of rotatable bonds is 5. The van der Waals surface area contributed by atoms with Gasteiger partial charge in [0, 0.05) is 10.7 Å². The van der Waals surface area contributed by atoms with Crippen LogP contribution < -0.4 is 15.2 Å². The van der Waals surface area contributed by atoms with Crippen molar-refractivity contribution in [2.24, 2.45) is 33.3 Å². The van der Waals surface area contributed by atoms with Gasteiger partial charge in [0.05, 0.1) is 0 Å². The molecule has 38 heavy (non-hydrogen) atoms. The third-order valence-corrected chi connectivity index (χ3v) is 13.4. The number of ether oxygens (including phenoxy) is 2. The smallest absolute Gasteiger partial charge is 0.223 e. The van der Waals surface area contributed by atoms with Gasteiger partial charge in [-0.05, 0) is 121 Å². The lowest BCUT2D eigenvalue weighted by atomic mass is 9.36. The molecule has 0 aromatic heterocycles. The van der Waals surface area contributed by atoms with Gasteiger partial charge in [0.25, 0.3) is 0 Å². The van der Waals surface area contributed by atoms with Gasteiger partial charge in [-0.25, -0.2) is 0 Å². The summed E-state index contributed by atoms with van der Waals surface area (Å²) in [6, 6.07) is 2.35. The minimum absolute atomic E-state index is 0.0716. The highest BCUT2D eigenvalue weighted by atomic mass is 32.2. The maximum atomic E-state index is 12.6. The number of fused-ring (bicyclic) bond motifs is 4. The summed E-state index contributed by atoms with van der Waals surface area (Å²) >= 11 is 2.02. The van der Waals surface area contributed by atoms with E-state index in [2.05, 4.69) is 61.5 Å². The number of hydrogen-bond acceptors (Lipinski definition) is 4. The normalized spacial score (nSPS) is 41.1. The van der Waals surface area contributed by atoms with Gasteiger partial charge in [-0.3, -0.25) is 4.79 Å². The Morgan fingerprint density at radius 2 is 1.74 bits per heavy atom. The molecule has 5 heteroatoms. The van der Waals surface area contributed by atoms with Crippen molar-refractivity contribution in [2.75, 3.05) is 19.0 Å². The molecule has 0 spiro atoms. The van der Waals surface area contributed by atoms with Crippen LogP contribution in [-0.2, 0) is 10.2 Å². The summed E-state index contributed by atoms with van der Waals surface area (Å²) in [6.07, 6.45) is 9.04. The van der Waals surface area contributed by atoms with Crippen LogP contribution in [0.2, 0.25) is 0 Å². The topological polar surface area (TPSA) is 61.6 Å². The van der Waals surface area contributed by atoms with E-state index < -0.39 is 0 Å². The lowest BCUT2D eigenvalue weighted by molar-refractivity contribution is -0.184. The zero-order chi connectivity index (χ0) is 27.7. The van der Waals surface area contributed by atoms with Gasteiger partial charge in [-0.1, -0.05) is 41.5 Å². The first-order valence-electron chi connectivity index (χ1n) is 15.1. The summed E-state index contributed by atoms with van der Waals surface area (Å²) in [5.74, 6) is 3.41. The summed E-state index contributed by atoms with van der Waals surface area (Å²) in [4.78, 5) is 12.6. The van der Waals surface area contributed by atoms with Crippen molar-refractivity contribution < 1.29 is 14.3 Å². The SMILES string of the molecule is CCSC(C)c1c([C@]2(C)CC[C@@]3(C)[C@@H]4C[C@](C)(C(N)=O)CC[C@]4(C)CC[C@]3(C)C2)cc2c(c1C)OCCO2. The van der Waals surface area contributed by atoms with Crippen LogP contribution >= 0.6 is 11.8 Å². The van der Waals surface area contributed by atoms with E-state index in [0.717, 1.165) is 42.9 Å². The summed E-state index contributed by atoms with van der Waals surface area (Å²) < 4.78 is 12.3. The van der Waals surface area contributed by atoms with E-state index in [9.17, 15) is 4.79 Å². The number of primary amides is 1. The van der Waals surface area contributed by atoms with Crippen molar-refractivity contribution in [3.63, 3.8) is 0 Å². The van der Waals surface area contributed by atoms with Crippen molar-refractivity contribution in [1.82, 2.24) is 0 Å². The minimum Gasteiger partial charge on any atom is -0.486 e. The van der Waals surface area contributed by atoms with Gasteiger partial charge in [0.15, 0.2) is 11.5 Å². The third-order valence-electron chi connectivity index (χ3n) is 12.3. The highest BCUT2D eigenvalue weighted by molar-refractivity contribution is 7.99. The van der Waals surface area contributed by atoms with E-state index in [-0.39, 0.29) is 27.6 Å². The fraction of sp³-hybridized carbons (Fsp3) is 0.788. The van der Waals surface area contributed by atoms with Crippen LogP contribution in [0.3, 0.4) is 0 Å². The van der Waals surface area contributed by atoms with Gasteiger partial charge in [-0.15, -0.1) is 0 Å². The van der Waals surface area contributed by atoms with E-state index in [1.54, 1.807) is 0 Å². The molecular weight excluding hydrogens is 490 g/mol. The van der Waals surface area contributed by atoms with Crippen LogP contribution in [0.5, 0.6) is 11.5 Å². The number of carbonyl (C=O) groups is 1. The molecule has 7 atom stereocenters. The molecule has 0 bridgehead atoms. The first kappa shape index (κ1) is 28.2. The second kappa shape index (κ2) is 9.35. The van der Waals surface area contributed by atoms with E-state index in [1.807, 2.05) is 11.8 Å². The monoisotopic (exact) mass is 541 g/mol. The Bertz CT molecular complexity index is 1120. The third kappa shape index (κ3) is 4.11. The predicted octanol–water partition coefficient (Wildman–Crippen LogP) is 8.13. The Morgan fingerprint density at radius 3 is 2.42 bits per heavy atom. The number of carbonyl (C=O) groups excluding carboxylic acids is 1. The number of amides is 1. The van der Waals surface area contributed by atoms with Gasteiger partial charge < -0.3 is 15.2 Å². The lowest BCUT2D eigenvalue weighted by Gasteiger charge is -2.68. The molecule has 1 heterocycles. The maximum Gasteiger partial charge on any atom is 0.223 e. The van der Waals surface area contributed by atoms with E-state index >= 15 is 0 Å². The first-order chi connectivity index (χ1) is 17.7. The number of nitrogens with two attached hydrogens (primary N) is 1. The molecule has 0 radical (unpaired) electrons. The molecule has 1 aromatic rings. The van der Waals surface area contributed by atoms with E-state index in [4.69, 9.17) is 15.2 Å². The van der Waals surface area contributed by atoms with Gasteiger partial charge >= 0.3 is 0 Å². The molecular formula is C33H51NO3S. The quantitative estimate of drug-likeness (QED) is 0.409. The minimum atomic E-state index is -0.376. The van der Waals surface area contributed by atoms with Crippen LogP contribution in [0, 0.1) is 34.5 Å². The zero-order valence-corrected chi connectivity index (χ0v) is 26.0. The first-order valence-corrected chi connectivity index (χ1v) is 16.1. The Labute approximate surface area is 235 Å². The number of benzene rings is 1. The van der Waals surface area contributed by atoms with Crippen LogP contribution in [0.15, 0.2) is 6.07 Å². The molecule has 1 aromatic carbocycles. The second-order valence-corrected chi connectivity index (χ2v) is 16.3. The summed E-state index contributed by atoms with van der Waals surface area (Å²) in [5, 5.41) is 0.410. The molecule has 4 aliphatic rings. The van der Waals surface area contributed by atoms with Gasteiger partial charge in [0.1, 0.15) is 13.2 Å². The molecule has 0 saturated heterocycles. The summed E-state index contributed by atoms with van der Waals surface area (Å²) in [5.41, 5.74) is 10.6. The average molecular weight is 542 g/mol. The summed E-state index contributed by atoms with van der Waals surface area (Å²) in [6.45, 7) is 20.4. The van der Waals surface area contributed by atoms with Crippen LogP contribution in [0.4, 0.5) is 0 Å². The highest BCUT2D eigenvalue weighted by Gasteiger charge is 2.65. The van der Waals surface area contributed by atoms with Crippen LogP contribution in [0.25, 0.3) is 0 Å².